The minimum absolute atomic E-state index is 0.205. The van der Waals surface area contributed by atoms with Gasteiger partial charge in [-0.25, -0.2) is 4.98 Å². The summed E-state index contributed by atoms with van der Waals surface area (Å²) in [6.07, 6.45) is 5.10. The third kappa shape index (κ3) is 3.12. The van der Waals surface area contributed by atoms with Crippen molar-refractivity contribution in [1.29, 1.82) is 0 Å². The maximum absolute atomic E-state index is 12.4. The van der Waals surface area contributed by atoms with Crippen LogP contribution in [0.15, 0.2) is 29.8 Å². The molecule has 2 aromatic heterocycles. The van der Waals surface area contributed by atoms with E-state index in [1.807, 2.05) is 18.2 Å². The highest BCUT2D eigenvalue weighted by atomic mass is 32.1. The Labute approximate surface area is 154 Å². The van der Waals surface area contributed by atoms with Crippen LogP contribution in [-0.2, 0) is 14.4 Å². The van der Waals surface area contributed by atoms with Gasteiger partial charge >= 0.3 is 0 Å². The summed E-state index contributed by atoms with van der Waals surface area (Å²) in [5.41, 5.74) is 1.39. The lowest BCUT2D eigenvalue weighted by molar-refractivity contribution is -0.142. The molecule has 2 fully saturated rings. The number of rotatable bonds is 4. The van der Waals surface area contributed by atoms with Crippen molar-refractivity contribution in [1.82, 2.24) is 14.9 Å². The predicted molar refractivity (Wildman–Crippen MR) is 96.1 cm³/mol. The SMILES string of the molecule is O=C(CN1C(=O)[C@@H]2CCCC[C@H]2C1=O)Nc1nc(-c2ccccn2)cs1. The molecule has 1 aliphatic heterocycles. The van der Waals surface area contributed by atoms with Gasteiger partial charge in [0.2, 0.25) is 17.7 Å². The summed E-state index contributed by atoms with van der Waals surface area (Å²) >= 11 is 1.28. The fourth-order valence-electron chi connectivity index (χ4n) is 3.65. The van der Waals surface area contributed by atoms with E-state index in [1.165, 1.54) is 11.3 Å². The topological polar surface area (TPSA) is 92.3 Å². The van der Waals surface area contributed by atoms with Crippen LogP contribution in [0.2, 0.25) is 0 Å². The number of aromatic nitrogens is 2. The van der Waals surface area contributed by atoms with Crippen molar-refractivity contribution >= 4 is 34.2 Å². The lowest BCUT2D eigenvalue weighted by atomic mass is 9.81. The number of amides is 3. The monoisotopic (exact) mass is 370 g/mol. The van der Waals surface area contributed by atoms with Crippen LogP contribution in [0.1, 0.15) is 25.7 Å². The lowest BCUT2D eigenvalue weighted by Crippen LogP contribution is -2.38. The standard InChI is InChI=1S/C18H18N4O3S/c23-15(9-22-16(24)11-5-1-2-6-12(11)17(22)25)21-18-20-14(10-26-18)13-7-3-4-8-19-13/h3-4,7-8,10-12H,1-2,5-6,9H2,(H,20,21,23)/t11-,12-/m1/s1. The summed E-state index contributed by atoms with van der Waals surface area (Å²) in [6.45, 7) is -0.247. The maximum atomic E-state index is 12.4. The molecule has 134 valence electrons. The zero-order valence-corrected chi connectivity index (χ0v) is 14.9. The fraction of sp³-hybridized carbons (Fsp3) is 0.389. The van der Waals surface area contributed by atoms with Crippen molar-refractivity contribution in [2.24, 2.45) is 11.8 Å². The molecule has 3 amide bonds. The highest BCUT2D eigenvalue weighted by molar-refractivity contribution is 7.14. The first kappa shape index (κ1) is 16.8. The number of thiazole rings is 1. The molecule has 0 bridgehead atoms. The molecular formula is C18H18N4O3S. The van der Waals surface area contributed by atoms with Crippen LogP contribution in [0, 0.1) is 11.8 Å². The minimum Gasteiger partial charge on any atom is -0.300 e. The number of likely N-dealkylation sites (tertiary alicyclic amines) is 1. The van der Waals surface area contributed by atoms with Crippen LogP contribution < -0.4 is 5.32 Å². The fourth-order valence-corrected chi connectivity index (χ4v) is 4.37. The van der Waals surface area contributed by atoms with Gasteiger partial charge in [-0.1, -0.05) is 18.9 Å². The van der Waals surface area contributed by atoms with E-state index in [0.717, 1.165) is 36.3 Å². The van der Waals surface area contributed by atoms with Crippen LogP contribution in [-0.4, -0.2) is 39.1 Å². The van der Waals surface area contributed by atoms with Crippen molar-refractivity contribution in [2.75, 3.05) is 11.9 Å². The highest BCUT2D eigenvalue weighted by Gasteiger charge is 2.48. The van der Waals surface area contributed by atoms with E-state index in [9.17, 15) is 14.4 Å². The Bertz CT molecular complexity index is 827. The number of carbonyl (C=O) groups is 3. The Kier molecular flexibility index (Phi) is 4.50. The Morgan fingerprint density at radius 3 is 2.54 bits per heavy atom. The Morgan fingerprint density at radius 2 is 1.88 bits per heavy atom. The summed E-state index contributed by atoms with van der Waals surface area (Å²) in [6, 6.07) is 5.52. The maximum Gasteiger partial charge on any atom is 0.246 e. The minimum atomic E-state index is -0.410. The van der Waals surface area contributed by atoms with Crippen LogP contribution in [0.4, 0.5) is 5.13 Å². The molecule has 0 radical (unpaired) electrons. The number of nitrogens with one attached hydrogen (secondary N) is 1. The van der Waals surface area contributed by atoms with Gasteiger partial charge in [-0.15, -0.1) is 11.3 Å². The molecule has 8 heteroatoms. The molecule has 26 heavy (non-hydrogen) atoms. The molecule has 4 rings (SSSR count). The van der Waals surface area contributed by atoms with Gasteiger partial charge in [0.15, 0.2) is 5.13 Å². The van der Waals surface area contributed by atoms with E-state index in [2.05, 4.69) is 15.3 Å². The zero-order valence-electron chi connectivity index (χ0n) is 14.1. The second-order valence-electron chi connectivity index (χ2n) is 6.56. The largest absolute Gasteiger partial charge is 0.300 e. The van der Waals surface area contributed by atoms with Crippen molar-refractivity contribution < 1.29 is 14.4 Å². The Hall–Kier alpha value is -2.61. The average Bonchev–Trinajstić information content (AvgIpc) is 3.22. The van der Waals surface area contributed by atoms with E-state index in [1.54, 1.807) is 11.6 Å². The van der Waals surface area contributed by atoms with Gasteiger partial charge < -0.3 is 5.32 Å². The highest BCUT2D eigenvalue weighted by Crippen LogP contribution is 2.37. The van der Waals surface area contributed by atoms with E-state index >= 15 is 0 Å². The first-order valence-electron chi connectivity index (χ1n) is 8.65. The summed E-state index contributed by atoms with van der Waals surface area (Å²) in [5.74, 6) is -1.29. The molecule has 2 aromatic rings. The molecule has 1 saturated carbocycles. The zero-order chi connectivity index (χ0) is 18.1. The summed E-state index contributed by atoms with van der Waals surface area (Å²) in [7, 11) is 0. The molecule has 1 saturated heterocycles. The molecule has 7 nitrogen and oxygen atoms in total. The second-order valence-corrected chi connectivity index (χ2v) is 7.42. The molecule has 0 spiro atoms. The normalized spacial score (nSPS) is 22.4. The van der Waals surface area contributed by atoms with Gasteiger partial charge in [-0.3, -0.25) is 24.3 Å². The Morgan fingerprint density at radius 1 is 1.15 bits per heavy atom. The van der Waals surface area contributed by atoms with E-state index in [-0.39, 0.29) is 30.2 Å². The molecule has 2 atom stereocenters. The number of hydrogen-bond acceptors (Lipinski definition) is 6. The first-order chi connectivity index (χ1) is 12.6. The number of fused-ring (bicyclic) bond motifs is 1. The molecule has 1 N–H and O–H groups in total. The third-order valence-corrected chi connectivity index (χ3v) is 5.67. The van der Waals surface area contributed by atoms with Crippen molar-refractivity contribution in [3.63, 3.8) is 0 Å². The van der Waals surface area contributed by atoms with Gasteiger partial charge in [0, 0.05) is 11.6 Å². The van der Waals surface area contributed by atoms with E-state index in [4.69, 9.17) is 0 Å². The number of hydrogen-bond donors (Lipinski definition) is 1. The molecular weight excluding hydrogens is 352 g/mol. The van der Waals surface area contributed by atoms with Gasteiger partial charge in [-0.2, -0.15) is 0 Å². The summed E-state index contributed by atoms with van der Waals surface area (Å²) < 4.78 is 0. The summed E-state index contributed by atoms with van der Waals surface area (Å²) in [5, 5.41) is 4.90. The van der Waals surface area contributed by atoms with Gasteiger partial charge in [0.05, 0.1) is 17.5 Å². The number of imide groups is 1. The number of pyridine rings is 1. The molecule has 0 unspecified atom stereocenters. The third-order valence-electron chi connectivity index (χ3n) is 4.91. The van der Waals surface area contributed by atoms with Crippen LogP contribution in [0.25, 0.3) is 11.4 Å². The van der Waals surface area contributed by atoms with E-state index < -0.39 is 5.91 Å². The number of anilines is 1. The second kappa shape index (κ2) is 6.95. The molecule has 2 aliphatic rings. The van der Waals surface area contributed by atoms with Crippen molar-refractivity contribution in [3.05, 3.63) is 29.8 Å². The molecule has 3 heterocycles. The average molecular weight is 370 g/mol. The number of nitrogens with zero attached hydrogens (tertiary/aromatic N) is 3. The summed E-state index contributed by atoms with van der Waals surface area (Å²) in [4.78, 5) is 46.8. The van der Waals surface area contributed by atoms with Crippen LogP contribution in [0.5, 0.6) is 0 Å². The quantitative estimate of drug-likeness (QED) is 0.834. The van der Waals surface area contributed by atoms with Crippen LogP contribution in [0.3, 0.4) is 0 Å². The van der Waals surface area contributed by atoms with Crippen molar-refractivity contribution in [3.8, 4) is 11.4 Å². The van der Waals surface area contributed by atoms with Crippen LogP contribution >= 0.6 is 11.3 Å². The van der Waals surface area contributed by atoms with Gasteiger partial charge in [0.1, 0.15) is 12.2 Å². The van der Waals surface area contributed by atoms with Gasteiger partial charge in [-0.05, 0) is 25.0 Å². The lowest BCUT2D eigenvalue weighted by Gasteiger charge is -2.19. The smallest absolute Gasteiger partial charge is 0.246 e. The predicted octanol–water partition coefficient (Wildman–Crippen LogP) is 2.32. The van der Waals surface area contributed by atoms with Gasteiger partial charge in [0.25, 0.3) is 0 Å². The van der Waals surface area contributed by atoms with E-state index in [0.29, 0.717) is 10.8 Å². The first-order valence-corrected chi connectivity index (χ1v) is 9.53. The Balaban J connectivity index is 1.41. The molecule has 1 aliphatic carbocycles. The van der Waals surface area contributed by atoms with Crippen molar-refractivity contribution in [2.45, 2.75) is 25.7 Å². The number of carbonyl (C=O) groups excluding carboxylic acids is 3. The molecule has 0 aromatic carbocycles.